The van der Waals surface area contributed by atoms with Gasteiger partial charge in [-0.2, -0.15) is 0 Å². The van der Waals surface area contributed by atoms with Crippen molar-refractivity contribution in [2.24, 2.45) is 0 Å². The molecule has 2 amide bonds. The summed E-state index contributed by atoms with van der Waals surface area (Å²) in [4.78, 5) is 25.6. The van der Waals surface area contributed by atoms with Crippen LogP contribution in [0.4, 0.5) is 4.39 Å². The Labute approximate surface area is 147 Å². The van der Waals surface area contributed by atoms with Gasteiger partial charge in [0.25, 0.3) is 0 Å². The van der Waals surface area contributed by atoms with Crippen molar-refractivity contribution in [1.82, 2.24) is 10.2 Å². The van der Waals surface area contributed by atoms with Crippen molar-refractivity contribution in [2.45, 2.75) is 32.9 Å². The van der Waals surface area contributed by atoms with E-state index in [1.807, 2.05) is 37.3 Å². The van der Waals surface area contributed by atoms with Crippen LogP contribution < -0.4 is 5.32 Å². The van der Waals surface area contributed by atoms with Gasteiger partial charge in [-0.15, -0.1) is 0 Å². The second-order valence-corrected chi connectivity index (χ2v) is 5.92. The first-order valence-electron chi connectivity index (χ1n) is 8.31. The van der Waals surface area contributed by atoms with Gasteiger partial charge >= 0.3 is 0 Å². The van der Waals surface area contributed by atoms with Gasteiger partial charge in [-0.3, -0.25) is 9.59 Å². The Morgan fingerprint density at radius 1 is 1.08 bits per heavy atom. The number of nitrogens with one attached hydrogen (secondary N) is 1. The number of benzene rings is 2. The Morgan fingerprint density at radius 3 is 2.36 bits per heavy atom. The van der Waals surface area contributed by atoms with E-state index in [0.717, 1.165) is 5.56 Å². The molecule has 0 saturated carbocycles. The summed E-state index contributed by atoms with van der Waals surface area (Å²) in [7, 11) is 0. The molecule has 0 bridgehead atoms. The Kier molecular flexibility index (Phi) is 6.69. The first-order valence-corrected chi connectivity index (χ1v) is 8.31. The molecular formula is C20H23FN2O2. The van der Waals surface area contributed by atoms with E-state index < -0.39 is 0 Å². The van der Waals surface area contributed by atoms with Crippen molar-refractivity contribution >= 4 is 11.8 Å². The fourth-order valence-corrected chi connectivity index (χ4v) is 2.68. The van der Waals surface area contributed by atoms with Crippen LogP contribution in [-0.4, -0.2) is 23.3 Å². The quantitative estimate of drug-likeness (QED) is 0.838. The van der Waals surface area contributed by atoms with Gasteiger partial charge in [0.1, 0.15) is 5.82 Å². The van der Waals surface area contributed by atoms with Crippen molar-refractivity contribution in [3.63, 3.8) is 0 Å². The molecule has 2 aromatic rings. The molecular weight excluding hydrogens is 319 g/mol. The average molecular weight is 342 g/mol. The average Bonchev–Trinajstić information content (AvgIpc) is 2.61. The number of carbonyl (C=O) groups is 2. The summed E-state index contributed by atoms with van der Waals surface area (Å²) in [5.74, 6) is -0.640. The molecule has 2 aromatic carbocycles. The molecule has 0 aliphatic heterocycles. The highest BCUT2D eigenvalue weighted by Gasteiger charge is 2.19. The summed E-state index contributed by atoms with van der Waals surface area (Å²) in [5, 5.41) is 2.70. The summed E-state index contributed by atoms with van der Waals surface area (Å²) < 4.78 is 13.5. The van der Waals surface area contributed by atoms with Crippen LogP contribution in [0.5, 0.6) is 0 Å². The van der Waals surface area contributed by atoms with Gasteiger partial charge in [0.05, 0.1) is 6.04 Å². The topological polar surface area (TPSA) is 49.4 Å². The predicted molar refractivity (Wildman–Crippen MR) is 95.1 cm³/mol. The molecule has 1 atom stereocenters. The predicted octanol–water partition coefficient (Wildman–Crippen LogP) is 3.44. The van der Waals surface area contributed by atoms with Gasteiger partial charge in [-0.1, -0.05) is 48.5 Å². The lowest BCUT2D eigenvalue weighted by Gasteiger charge is -2.28. The summed E-state index contributed by atoms with van der Waals surface area (Å²) in [6.45, 7) is 3.89. The van der Waals surface area contributed by atoms with Gasteiger partial charge in [-0.05, 0) is 18.6 Å². The van der Waals surface area contributed by atoms with Crippen LogP contribution in [0.2, 0.25) is 0 Å². The summed E-state index contributed by atoms with van der Waals surface area (Å²) in [6.07, 6.45) is 0.172. The van der Waals surface area contributed by atoms with Gasteiger partial charge in [0.15, 0.2) is 0 Å². The number of halogens is 1. The van der Waals surface area contributed by atoms with Crippen LogP contribution in [-0.2, 0) is 16.1 Å². The largest absolute Gasteiger partial charge is 0.352 e. The minimum atomic E-state index is -0.342. The first kappa shape index (κ1) is 18.6. The summed E-state index contributed by atoms with van der Waals surface area (Å²) in [6, 6.07) is 15.9. The number of amides is 2. The zero-order chi connectivity index (χ0) is 18.2. The zero-order valence-corrected chi connectivity index (χ0v) is 14.5. The van der Waals surface area contributed by atoms with Crippen LogP contribution in [0, 0.1) is 5.82 Å². The maximum absolute atomic E-state index is 13.5. The van der Waals surface area contributed by atoms with Gasteiger partial charge in [0, 0.05) is 32.0 Å². The lowest BCUT2D eigenvalue weighted by molar-refractivity contribution is -0.131. The molecule has 0 aromatic heterocycles. The lowest BCUT2D eigenvalue weighted by atomic mass is 10.1. The number of rotatable bonds is 7. The number of hydrogen-bond acceptors (Lipinski definition) is 2. The molecule has 1 unspecified atom stereocenters. The highest BCUT2D eigenvalue weighted by molar-refractivity contribution is 5.78. The monoisotopic (exact) mass is 342 g/mol. The van der Waals surface area contributed by atoms with E-state index in [1.165, 1.54) is 13.0 Å². The highest BCUT2D eigenvalue weighted by Crippen LogP contribution is 2.20. The lowest BCUT2D eigenvalue weighted by Crippen LogP contribution is -2.35. The van der Waals surface area contributed by atoms with Crippen LogP contribution >= 0.6 is 0 Å². The summed E-state index contributed by atoms with van der Waals surface area (Å²) >= 11 is 0. The molecule has 4 nitrogen and oxygen atoms in total. The third-order valence-electron chi connectivity index (χ3n) is 4.17. The molecule has 0 spiro atoms. The SMILES string of the molecule is CC(=O)N(CCC(=O)NCc1ccccc1F)C(C)c1ccccc1. The maximum Gasteiger partial charge on any atom is 0.222 e. The van der Waals surface area contributed by atoms with E-state index in [-0.39, 0.29) is 36.6 Å². The second kappa shape index (κ2) is 8.97. The molecule has 0 saturated heterocycles. The van der Waals surface area contributed by atoms with E-state index >= 15 is 0 Å². The molecule has 0 fully saturated rings. The molecule has 0 heterocycles. The minimum absolute atomic E-state index is 0.0849. The Bertz CT molecular complexity index is 719. The maximum atomic E-state index is 13.5. The van der Waals surface area contributed by atoms with Gasteiger partial charge in [-0.25, -0.2) is 4.39 Å². The van der Waals surface area contributed by atoms with E-state index in [0.29, 0.717) is 12.1 Å². The van der Waals surface area contributed by atoms with Crippen LogP contribution in [0.3, 0.4) is 0 Å². The van der Waals surface area contributed by atoms with Crippen molar-refractivity contribution < 1.29 is 14.0 Å². The normalized spacial score (nSPS) is 11.6. The second-order valence-electron chi connectivity index (χ2n) is 5.92. The third-order valence-corrected chi connectivity index (χ3v) is 4.17. The third kappa shape index (κ3) is 5.41. The van der Waals surface area contributed by atoms with Crippen molar-refractivity contribution in [2.75, 3.05) is 6.54 Å². The Balaban J connectivity index is 1.89. The minimum Gasteiger partial charge on any atom is -0.352 e. The van der Waals surface area contributed by atoms with Crippen LogP contribution in [0.15, 0.2) is 54.6 Å². The molecule has 2 rings (SSSR count). The molecule has 132 valence electrons. The van der Waals surface area contributed by atoms with Gasteiger partial charge < -0.3 is 10.2 Å². The fourth-order valence-electron chi connectivity index (χ4n) is 2.68. The van der Waals surface area contributed by atoms with E-state index in [4.69, 9.17) is 0 Å². The van der Waals surface area contributed by atoms with Gasteiger partial charge in [0.2, 0.25) is 11.8 Å². The molecule has 0 radical (unpaired) electrons. The molecule has 1 N–H and O–H groups in total. The number of carbonyl (C=O) groups excluding carboxylic acids is 2. The summed E-state index contributed by atoms with van der Waals surface area (Å²) in [5.41, 5.74) is 1.46. The molecule has 25 heavy (non-hydrogen) atoms. The molecule has 0 aliphatic rings. The molecule has 5 heteroatoms. The van der Waals surface area contributed by atoms with E-state index in [9.17, 15) is 14.0 Å². The number of hydrogen-bond donors (Lipinski definition) is 1. The Hall–Kier alpha value is -2.69. The van der Waals surface area contributed by atoms with Crippen molar-refractivity contribution in [3.05, 3.63) is 71.5 Å². The zero-order valence-electron chi connectivity index (χ0n) is 14.5. The first-order chi connectivity index (χ1) is 12.0. The molecule has 0 aliphatic carbocycles. The highest BCUT2D eigenvalue weighted by atomic mass is 19.1. The van der Waals surface area contributed by atoms with Crippen molar-refractivity contribution in [3.8, 4) is 0 Å². The van der Waals surface area contributed by atoms with E-state index in [1.54, 1.807) is 23.1 Å². The van der Waals surface area contributed by atoms with Crippen molar-refractivity contribution in [1.29, 1.82) is 0 Å². The Morgan fingerprint density at radius 2 is 1.72 bits per heavy atom. The van der Waals surface area contributed by atoms with Crippen LogP contribution in [0.25, 0.3) is 0 Å². The number of nitrogens with zero attached hydrogens (tertiary/aromatic N) is 1. The van der Waals surface area contributed by atoms with E-state index in [2.05, 4.69) is 5.32 Å². The fraction of sp³-hybridized carbons (Fsp3) is 0.300. The standard InChI is InChI=1S/C20H23FN2O2/c1-15(17-8-4-3-5-9-17)23(16(2)24)13-12-20(25)22-14-18-10-6-7-11-19(18)21/h3-11,15H,12-14H2,1-2H3,(H,22,25). The smallest absolute Gasteiger partial charge is 0.222 e. The van der Waals surface area contributed by atoms with Crippen LogP contribution in [0.1, 0.15) is 37.4 Å².